The first-order chi connectivity index (χ1) is 10.6. The van der Waals surface area contributed by atoms with Crippen molar-refractivity contribution in [3.8, 4) is 0 Å². The van der Waals surface area contributed by atoms with Crippen LogP contribution in [0, 0.1) is 12.7 Å². The Bertz CT molecular complexity index is 650. The zero-order valence-corrected chi connectivity index (χ0v) is 13.9. The normalized spacial score (nSPS) is 17.8. The van der Waals surface area contributed by atoms with E-state index in [-0.39, 0.29) is 16.9 Å². The topological polar surface area (TPSA) is 42.4 Å². The zero-order chi connectivity index (χ0) is 15.5. The minimum atomic E-state index is -0.456. The number of nitrogens with zero attached hydrogens (tertiary/aromatic N) is 2. The highest BCUT2D eigenvalue weighted by molar-refractivity contribution is 7.12. The number of carbonyl (C=O) groups excluding carboxylic acids is 1. The van der Waals surface area contributed by atoms with Crippen LogP contribution in [-0.2, 0) is 11.3 Å². The Balaban J connectivity index is 1.78. The first kappa shape index (κ1) is 15.6. The maximum Gasteiger partial charge on any atom is 0.267 e. The third-order valence-corrected chi connectivity index (χ3v) is 5.37. The number of halogens is 1. The summed E-state index contributed by atoms with van der Waals surface area (Å²) in [5.74, 6) is -0.737. The van der Waals surface area contributed by atoms with Gasteiger partial charge in [-0.2, -0.15) is 0 Å². The third-order valence-electron chi connectivity index (χ3n) is 3.54. The summed E-state index contributed by atoms with van der Waals surface area (Å²) in [6, 6.07) is 1.33. The maximum absolute atomic E-state index is 13.7. The molecule has 1 fully saturated rings. The second kappa shape index (κ2) is 6.85. The lowest BCUT2D eigenvalue weighted by Gasteiger charge is -2.24. The second-order valence-electron chi connectivity index (χ2n) is 5.30. The number of hydrogen-bond acceptors (Lipinski definition) is 5. The summed E-state index contributed by atoms with van der Waals surface area (Å²) < 4.78 is 19.4. The van der Waals surface area contributed by atoms with Crippen LogP contribution in [0.3, 0.4) is 0 Å². The summed E-state index contributed by atoms with van der Waals surface area (Å²) >= 11 is 2.65. The molecule has 22 heavy (non-hydrogen) atoms. The molecule has 1 aliphatic heterocycles. The molecule has 0 radical (unpaired) electrons. The van der Waals surface area contributed by atoms with E-state index in [0.29, 0.717) is 13.1 Å². The van der Waals surface area contributed by atoms with Gasteiger partial charge in [-0.1, -0.05) is 0 Å². The highest BCUT2D eigenvalue weighted by Gasteiger charge is 2.26. The summed E-state index contributed by atoms with van der Waals surface area (Å²) in [5.41, 5.74) is 0.937. The molecule has 2 aromatic rings. The molecule has 3 heterocycles. The SMILES string of the molecule is Cc1csc(CN(CC2CCCO2)C(=O)c2sccc2F)n1. The van der Waals surface area contributed by atoms with E-state index in [2.05, 4.69) is 4.98 Å². The number of thiophene rings is 1. The van der Waals surface area contributed by atoms with Gasteiger partial charge in [0.2, 0.25) is 0 Å². The molecule has 0 spiro atoms. The molecule has 0 aromatic carbocycles. The lowest BCUT2D eigenvalue weighted by Crippen LogP contribution is -2.36. The van der Waals surface area contributed by atoms with Crippen molar-refractivity contribution < 1.29 is 13.9 Å². The Labute approximate surface area is 136 Å². The molecule has 0 aliphatic carbocycles. The molecule has 1 amide bonds. The van der Waals surface area contributed by atoms with Crippen molar-refractivity contribution in [1.82, 2.24) is 9.88 Å². The smallest absolute Gasteiger partial charge is 0.267 e. The number of amides is 1. The minimum absolute atomic E-state index is 0.0352. The molecule has 1 aliphatic rings. The van der Waals surface area contributed by atoms with Gasteiger partial charge in [0, 0.05) is 24.2 Å². The summed E-state index contributed by atoms with van der Waals surface area (Å²) in [6.07, 6.45) is 1.98. The molecule has 2 aromatic heterocycles. The molecule has 1 saturated heterocycles. The van der Waals surface area contributed by atoms with Crippen LogP contribution < -0.4 is 0 Å². The predicted molar refractivity (Wildman–Crippen MR) is 84.8 cm³/mol. The second-order valence-corrected chi connectivity index (χ2v) is 7.16. The van der Waals surface area contributed by atoms with Crippen molar-refractivity contribution in [3.63, 3.8) is 0 Å². The molecule has 0 saturated carbocycles. The van der Waals surface area contributed by atoms with Crippen LogP contribution in [0.15, 0.2) is 16.8 Å². The number of aromatic nitrogens is 1. The Morgan fingerprint density at radius 2 is 2.41 bits per heavy atom. The van der Waals surface area contributed by atoms with Crippen LogP contribution in [0.2, 0.25) is 0 Å². The molecule has 4 nitrogen and oxygen atoms in total. The minimum Gasteiger partial charge on any atom is -0.376 e. The van der Waals surface area contributed by atoms with E-state index in [1.807, 2.05) is 12.3 Å². The number of aryl methyl sites for hydroxylation is 1. The van der Waals surface area contributed by atoms with Crippen LogP contribution >= 0.6 is 22.7 Å². The summed E-state index contributed by atoms with van der Waals surface area (Å²) in [5, 5.41) is 4.41. The molecule has 7 heteroatoms. The van der Waals surface area contributed by atoms with E-state index >= 15 is 0 Å². The van der Waals surface area contributed by atoms with Crippen molar-refractivity contribution in [1.29, 1.82) is 0 Å². The molecule has 3 rings (SSSR count). The van der Waals surface area contributed by atoms with Crippen LogP contribution in [0.4, 0.5) is 4.39 Å². The summed E-state index contributed by atoms with van der Waals surface area (Å²) in [7, 11) is 0. The van der Waals surface area contributed by atoms with E-state index < -0.39 is 5.82 Å². The lowest BCUT2D eigenvalue weighted by molar-refractivity contribution is 0.0507. The number of thiazole rings is 1. The van der Waals surface area contributed by atoms with Gasteiger partial charge in [-0.3, -0.25) is 4.79 Å². The van der Waals surface area contributed by atoms with Gasteiger partial charge in [0.15, 0.2) is 0 Å². The van der Waals surface area contributed by atoms with Crippen LogP contribution in [0.5, 0.6) is 0 Å². The Morgan fingerprint density at radius 1 is 1.55 bits per heavy atom. The molecule has 1 atom stereocenters. The van der Waals surface area contributed by atoms with E-state index in [9.17, 15) is 9.18 Å². The number of rotatable bonds is 5. The van der Waals surface area contributed by atoms with Crippen molar-refractivity contribution >= 4 is 28.6 Å². The maximum atomic E-state index is 13.7. The fraction of sp³-hybridized carbons (Fsp3) is 0.467. The van der Waals surface area contributed by atoms with E-state index in [0.717, 1.165) is 41.5 Å². The van der Waals surface area contributed by atoms with Crippen molar-refractivity contribution in [2.75, 3.05) is 13.2 Å². The lowest BCUT2D eigenvalue weighted by atomic mass is 10.2. The van der Waals surface area contributed by atoms with Gasteiger partial charge in [0.05, 0.1) is 12.6 Å². The Hall–Kier alpha value is -1.31. The van der Waals surface area contributed by atoms with E-state index in [1.54, 1.807) is 10.3 Å². The molecule has 1 unspecified atom stereocenters. The average Bonchev–Trinajstić information content (AvgIpc) is 3.21. The molecule has 0 N–H and O–H groups in total. The zero-order valence-electron chi connectivity index (χ0n) is 12.3. The fourth-order valence-corrected chi connectivity index (χ4v) is 4.00. The number of ether oxygens (including phenoxy) is 1. The van der Waals surface area contributed by atoms with E-state index in [1.165, 1.54) is 17.4 Å². The van der Waals surface area contributed by atoms with Crippen molar-refractivity contribution in [2.24, 2.45) is 0 Å². The Kier molecular flexibility index (Phi) is 4.85. The van der Waals surface area contributed by atoms with Gasteiger partial charge in [0.1, 0.15) is 15.7 Å². The standard InChI is InChI=1S/C15H17FN2O2S2/c1-10-9-22-13(17-10)8-18(7-11-3-2-5-20-11)15(19)14-12(16)4-6-21-14/h4,6,9,11H,2-3,5,7-8H2,1H3. The van der Waals surface area contributed by atoms with Crippen LogP contribution in [0.1, 0.15) is 33.2 Å². The first-order valence-electron chi connectivity index (χ1n) is 7.18. The number of hydrogen-bond donors (Lipinski definition) is 0. The largest absolute Gasteiger partial charge is 0.376 e. The first-order valence-corrected chi connectivity index (χ1v) is 8.94. The monoisotopic (exact) mass is 340 g/mol. The van der Waals surface area contributed by atoms with Crippen molar-refractivity contribution in [2.45, 2.75) is 32.4 Å². The average molecular weight is 340 g/mol. The predicted octanol–water partition coefficient (Wildman–Crippen LogP) is 3.47. The van der Waals surface area contributed by atoms with Crippen molar-refractivity contribution in [3.05, 3.63) is 38.2 Å². The van der Waals surface area contributed by atoms with Crippen LogP contribution in [0.25, 0.3) is 0 Å². The van der Waals surface area contributed by atoms with Gasteiger partial charge < -0.3 is 9.64 Å². The molecule has 118 valence electrons. The van der Waals surface area contributed by atoms with Gasteiger partial charge in [0.25, 0.3) is 5.91 Å². The van der Waals surface area contributed by atoms with Gasteiger partial charge in [-0.15, -0.1) is 22.7 Å². The molecule has 0 bridgehead atoms. The van der Waals surface area contributed by atoms with Gasteiger partial charge in [-0.05, 0) is 31.2 Å². The molecular weight excluding hydrogens is 323 g/mol. The highest BCUT2D eigenvalue weighted by Crippen LogP contribution is 2.22. The van der Waals surface area contributed by atoms with E-state index in [4.69, 9.17) is 4.74 Å². The number of carbonyl (C=O) groups is 1. The molecular formula is C15H17FN2O2S2. The van der Waals surface area contributed by atoms with Gasteiger partial charge >= 0.3 is 0 Å². The Morgan fingerprint density at radius 3 is 3.00 bits per heavy atom. The fourth-order valence-electron chi connectivity index (χ4n) is 2.48. The van der Waals surface area contributed by atoms with Crippen LogP contribution in [-0.4, -0.2) is 35.0 Å². The highest BCUT2D eigenvalue weighted by atomic mass is 32.1. The quantitative estimate of drug-likeness (QED) is 0.837. The van der Waals surface area contributed by atoms with Gasteiger partial charge in [-0.25, -0.2) is 9.37 Å². The third kappa shape index (κ3) is 3.53. The summed E-state index contributed by atoms with van der Waals surface area (Å²) in [6.45, 7) is 3.53. The summed E-state index contributed by atoms with van der Waals surface area (Å²) in [4.78, 5) is 18.9.